The van der Waals surface area contributed by atoms with Gasteiger partial charge in [0.15, 0.2) is 0 Å². The van der Waals surface area contributed by atoms with Crippen molar-refractivity contribution in [2.75, 3.05) is 19.9 Å². The van der Waals surface area contributed by atoms with Crippen molar-refractivity contribution in [1.82, 2.24) is 5.32 Å². The summed E-state index contributed by atoms with van der Waals surface area (Å²) < 4.78 is 17.2. The van der Waals surface area contributed by atoms with Crippen molar-refractivity contribution in [2.45, 2.75) is 37.1 Å². The van der Waals surface area contributed by atoms with Crippen LogP contribution in [0.3, 0.4) is 0 Å². The van der Waals surface area contributed by atoms with Gasteiger partial charge in [0.1, 0.15) is 5.75 Å². The maximum absolute atomic E-state index is 12.1. The number of ether oxygens (including phenoxy) is 1. The number of nitrogens with one attached hydrogen (secondary N) is 1. The number of hydrogen-bond donors (Lipinski definition) is 1. The maximum atomic E-state index is 12.1. The van der Waals surface area contributed by atoms with Crippen molar-refractivity contribution >= 4 is 10.8 Å². The maximum Gasteiger partial charge on any atom is 0.120 e. The van der Waals surface area contributed by atoms with E-state index < -0.39 is 10.8 Å². The number of unbranched alkanes of at least 4 members (excludes halogenated alkanes) is 1. The van der Waals surface area contributed by atoms with Crippen LogP contribution in [0.1, 0.15) is 26.2 Å². The molecule has 0 fully saturated rings. The molecule has 2 unspecified atom stereocenters. The van der Waals surface area contributed by atoms with E-state index in [-0.39, 0.29) is 0 Å². The van der Waals surface area contributed by atoms with Gasteiger partial charge >= 0.3 is 0 Å². The molecule has 1 aromatic rings. The van der Waals surface area contributed by atoms with Gasteiger partial charge in [-0.05, 0) is 45.0 Å². The molecule has 1 N–H and O–H groups in total. The highest BCUT2D eigenvalue weighted by Gasteiger charge is 2.05. The van der Waals surface area contributed by atoms with Crippen molar-refractivity contribution in [2.24, 2.45) is 0 Å². The molecule has 2 atom stereocenters. The second-order valence-electron chi connectivity index (χ2n) is 4.41. The summed E-state index contributed by atoms with van der Waals surface area (Å²) in [5.41, 5.74) is 0. The molecule has 0 aliphatic carbocycles. The molecular weight excluding hydrogens is 246 g/mol. The van der Waals surface area contributed by atoms with Crippen molar-refractivity contribution in [1.29, 1.82) is 0 Å². The Balaban J connectivity index is 2.36. The Labute approximate surface area is 112 Å². The van der Waals surface area contributed by atoms with Crippen LogP contribution >= 0.6 is 0 Å². The number of methoxy groups -OCH3 is 1. The largest absolute Gasteiger partial charge is 0.497 e. The minimum Gasteiger partial charge on any atom is -0.497 e. The molecule has 102 valence electrons. The van der Waals surface area contributed by atoms with E-state index in [0.717, 1.165) is 35.7 Å². The van der Waals surface area contributed by atoms with Gasteiger partial charge in [-0.15, -0.1) is 0 Å². The zero-order valence-electron chi connectivity index (χ0n) is 11.4. The Kier molecular flexibility index (Phi) is 6.98. The van der Waals surface area contributed by atoms with Gasteiger partial charge < -0.3 is 10.1 Å². The van der Waals surface area contributed by atoms with Gasteiger partial charge in [0.25, 0.3) is 0 Å². The Bertz CT molecular complexity index is 382. The molecule has 1 aromatic carbocycles. The van der Waals surface area contributed by atoms with Crippen LogP contribution < -0.4 is 10.1 Å². The lowest BCUT2D eigenvalue weighted by atomic mass is 10.1. The van der Waals surface area contributed by atoms with E-state index in [1.165, 1.54) is 0 Å². The second-order valence-corrected chi connectivity index (χ2v) is 5.98. The van der Waals surface area contributed by atoms with E-state index in [4.69, 9.17) is 4.74 Å². The average molecular weight is 269 g/mol. The summed E-state index contributed by atoms with van der Waals surface area (Å²) in [5.74, 6) is 1.49. The first kappa shape index (κ1) is 15.2. The quantitative estimate of drug-likeness (QED) is 0.737. The van der Waals surface area contributed by atoms with Crippen LogP contribution in [0, 0.1) is 0 Å². The predicted octanol–water partition coefficient (Wildman–Crippen LogP) is 2.58. The van der Waals surface area contributed by atoms with Gasteiger partial charge in [0.2, 0.25) is 0 Å². The summed E-state index contributed by atoms with van der Waals surface area (Å²) in [5, 5.41) is 3.21. The monoisotopic (exact) mass is 269 g/mol. The van der Waals surface area contributed by atoms with Crippen LogP contribution in [0.5, 0.6) is 5.75 Å². The van der Waals surface area contributed by atoms with Gasteiger partial charge in [-0.25, -0.2) is 0 Å². The summed E-state index contributed by atoms with van der Waals surface area (Å²) in [6.07, 6.45) is 3.24. The number of benzene rings is 1. The molecule has 0 saturated carbocycles. The standard InChI is InChI=1S/C14H23NO2S/c1-12(15-2)7-4-5-10-18(16)14-9-6-8-13(11-14)17-3/h6,8-9,11-12,15H,4-5,7,10H2,1-3H3. The average Bonchev–Trinajstić information content (AvgIpc) is 2.43. The van der Waals surface area contributed by atoms with Crippen LogP contribution in [0.2, 0.25) is 0 Å². The van der Waals surface area contributed by atoms with E-state index in [2.05, 4.69) is 12.2 Å². The van der Waals surface area contributed by atoms with Gasteiger partial charge in [0.05, 0.1) is 17.9 Å². The molecule has 3 nitrogen and oxygen atoms in total. The third-order valence-electron chi connectivity index (χ3n) is 3.01. The van der Waals surface area contributed by atoms with Crippen LogP contribution in [0.25, 0.3) is 0 Å². The second kappa shape index (κ2) is 8.27. The first-order chi connectivity index (χ1) is 8.67. The summed E-state index contributed by atoms with van der Waals surface area (Å²) in [6.45, 7) is 2.17. The topological polar surface area (TPSA) is 38.3 Å². The van der Waals surface area contributed by atoms with E-state index >= 15 is 0 Å². The molecular formula is C14H23NO2S. The van der Waals surface area contributed by atoms with E-state index in [1.807, 2.05) is 31.3 Å². The zero-order valence-corrected chi connectivity index (χ0v) is 12.3. The predicted molar refractivity (Wildman–Crippen MR) is 76.6 cm³/mol. The fourth-order valence-corrected chi connectivity index (χ4v) is 2.87. The first-order valence-electron chi connectivity index (χ1n) is 6.37. The Morgan fingerprint density at radius 2 is 2.17 bits per heavy atom. The number of hydrogen-bond acceptors (Lipinski definition) is 3. The summed E-state index contributed by atoms with van der Waals surface area (Å²) in [4.78, 5) is 0.857. The minimum atomic E-state index is -0.912. The lowest BCUT2D eigenvalue weighted by Crippen LogP contribution is -2.20. The van der Waals surface area contributed by atoms with Crippen molar-refractivity contribution in [3.8, 4) is 5.75 Å². The molecule has 0 radical (unpaired) electrons. The molecule has 4 heteroatoms. The zero-order chi connectivity index (χ0) is 13.4. The smallest absolute Gasteiger partial charge is 0.120 e. The summed E-state index contributed by atoms with van der Waals surface area (Å²) in [7, 11) is 2.69. The van der Waals surface area contributed by atoms with Gasteiger partial charge in [-0.2, -0.15) is 0 Å². The summed E-state index contributed by atoms with van der Waals surface area (Å²) >= 11 is 0. The fourth-order valence-electron chi connectivity index (χ4n) is 1.69. The molecule has 18 heavy (non-hydrogen) atoms. The van der Waals surface area contributed by atoms with E-state index in [9.17, 15) is 4.21 Å². The molecule has 1 rings (SSSR count). The third-order valence-corrected chi connectivity index (χ3v) is 4.45. The number of rotatable bonds is 8. The SMILES string of the molecule is CNC(C)CCCCS(=O)c1cccc(OC)c1. The van der Waals surface area contributed by atoms with E-state index in [1.54, 1.807) is 7.11 Å². The molecule has 0 spiro atoms. The van der Waals surface area contributed by atoms with Gasteiger partial charge in [0, 0.05) is 16.7 Å². The van der Waals surface area contributed by atoms with Crippen LogP contribution in [0.4, 0.5) is 0 Å². The van der Waals surface area contributed by atoms with Crippen molar-refractivity contribution in [3.63, 3.8) is 0 Å². The lowest BCUT2D eigenvalue weighted by Gasteiger charge is -2.09. The third kappa shape index (κ3) is 5.19. The Morgan fingerprint density at radius 3 is 2.83 bits per heavy atom. The van der Waals surface area contributed by atoms with Crippen LogP contribution in [-0.4, -0.2) is 30.2 Å². The van der Waals surface area contributed by atoms with Crippen LogP contribution in [0.15, 0.2) is 29.2 Å². The Morgan fingerprint density at radius 1 is 1.39 bits per heavy atom. The molecule has 0 amide bonds. The molecule has 0 heterocycles. The lowest BCUT2D eigenvalue weighted by molar-refractivity contribution is 0.413. The minimum absolute atomic E-state index is 0.537. The van der Waals surface area contributed by atoms with E-state index in [0.29, 0.717) is 6.04 Å². The first-order valence-corrected chi connectivity index (χ1v) is 7.69. The normalized spacial score (nSPS) is 14.2. The Hall–Kier alpha value is -0.870. The van der Waals surface area contributed by atoms with Crippen LogP contribution in [-0.2, 0) is 10.8 Å². The molecule has 0 saturated heterocycles. The highest BCUT2D eigenvalue weighted by atomic mass is 32.2. The van der Waals surface area contributed by atoms with Crippen molar-refractivity contribution < 1.29 is 8.95 Å². The molecule has 0 aliphatic heterocycles. The van der Waals surface area contributed by atoms with Gasteiger partial charge in [-0.1, -0.05) is 12.5 Å². The summed E-state index contributed by atoms with van der Waals surface area (Å²) in [6, 6.07) is 8.04. The molecule has 0 aromatic heterocycles. The van der Waals surface area contributed by atoms with Crippen molar-refractivity contribution in [3.05, 3.63) is 24.3 Å². The fraction of sp³-hybridized carbons (Fsp3) is 0.571. The molecule has 0 aliphatic rings. The highest BCUT2D eigenvalue weighted by molar-refractivity contribution is 7.85. The molecule has 0 bridgehead atoms. The highest BCUT2D eigenvalue weighted by Crippen LogP contribution is 2.16. The van der Waals surface area contributed by atoms with Gasteiger partial charge in [-0.3, -0.25) is 4.21 Å².